The van der Waals surface area contributed by atoms with Crippen LogP contribution in [0.15, 0.2) is 18.2 Å². The van der Waals surface area contributed by atoms with Gasteiger partial charge in [0.15, 0.2) is 0 Å². The molecule has 1 aromatic carbocycles. The molecule has 1 heterocycles. The van der Waals surface area contributed by atoms with E-state index in [2.05, 4.69) is 20.0 Å². The number of alkyl halides is 3. The number of aromatic nitrogens is 2. The van der Waals surface area contributed by atoms with E-state index in [0.717, 1.165) is 17.0 Å². The number of nitrogens with one attached hydrogen (secondary N) is 3. The lowest BCUT2D eigenvalue weighted by Gasteiger charge is -2.15. The van der Waals surface area contributed by atoms with Gasteiger partial charge in [-0.05, 0) is 19.1 Å². The van der Waals surface area contributed by atoms with Crippen LogP contribution < -0.4 is 10.1 Å². The minimum atomic E-state index is -4.81. The zero-order valence-electron chi connectivity index (χ0n) is 13.2. The Morgan fingerprint density at radius 1 is 1.40 bits per heavy atom. The number of ether oxygens (including phenoxy) is 1. The van der Waals surface area contributed by atoms with Crippen LogP contribution in [0.1, 0.15) is 6.92 Å². The number of aromatic amines is 1. The highest BCUT2D eigenvalue weighted by atomic mass is 19.4. The molecule has 0 aliphatic rings. The van der Waals surface area contributed by atoms with Crippen LogP contribution in [0, 0.1) is 5.41 Å². The van der Waals surface area contributed by atoms with Crippen molar-refractivity contribution in [3.8, 4) is 5.75 Å². The average molecular weight is 357 g/mol. The molecular weight excluding hydrogens is 343 g/mol. The Kier molecular flexibility index (Phi) is 4.95. The maximum Gasteiger partial charge on any atom is 0.573 e. The zero-order chi connectivity index (χ0) is 18.8. The summed E-state index contributed by atoms with van der Waals surface area (Å²) in [7, 11) is 1.36. The summed E-state index contributed by atoms with van der Waals surface area (Å²) in [6.07, 6.45) is -4.81. The van der Waals surface area contributed by atoms with Crippen molar-refractivity contribution in [3.63, 3.8) is 0 Å². The zero-order valence-corrected chi connectivity index (χ0v) is 13.2. The number of rotatable bonds is 5. The number of benzene rings is 1. The van der Waals surface area contributed by atoms with Crippen molar-refractivity contribution in [1.82, 2.24) is 14.9 Å². The summed E-state index contributed by atoms with van der Waals surface area (Å²) in [4.78, 5) is 31.1. The number of hydrogen-bond acceptors (Lipinski definition) is 5. The number of imidazole rings is 1. The lowest BCUT2D eigenvalue weighted by Crippen LogP contribution is -2.37. The summed E-state index contributed by atoms with van der Waals surface area (Å²) < 4.78 is 40.4. The predicted molar refractivity (Wildman–Crippen MR) is 82.4 cm³/mol. The van der Waals surface area contributed by atoms with Crippen LogP contribution in [0.3, 0.4) is 0 Å². The fraction of sp³-hybridized carbons (Fsp3) is 0.286. The Morgan fingerprint density at radius 3 is 2.68 bits per heavy atom. The molecule has 0 atom stereocenters. The van der Waals surface area contributed by atoms with Crippen molar-refractivity contribution in [2.24, 2.45) is 0 Å². The van der Waals surface area contributed by atoms with E-state index in [1.54, 1.807) is 0 Å². The largest absolute Gasteiger partial charge is 0.573 e. The summed E-state index contributed by atoms with van der Waals surface area (Å²) in [6.45, 7) is 0.991. The number of anilines is 1. The maximum atomic E-state index is 12.2. The second-order valence-electron chi connectivity index (χ2n) is 5.15. The number of H-pyrrole nitrogens is 1. The molecule has 25 heavy (non-hydrogen) atoms. The molecule has 0 saturated heterocycles. The highest BCUT2D eigenvalue weighted by Gasteiger charge is 2.31. The molecule has 2 rings (SSSR count). The third-order valence-corrected chi connectivity index (χ3v) is 2.99. The van der Waals surface area contributed by atoms with Gasteiger partial charge < -0.3 is 14.6 Å². The number of likely N-dealkylation sites (N-methyl/N-ethyl adjacent to an activating group) is 1. The second-order valence-corrected chi connectivity index (χ2v) is 5.15. The van der Waals surface area contributed by atoms with E-state index in [1.807, 2.05) is 0 Å². The topological polar surface area (TPSA) is 111 Å². The molecule has 0 aliphatic carbocycles. The maximum absolute atomic E-state index is 12.2. The summed E-state index contributed by atoms with van der Waals surface area (Å²) in [5, 5.41) is 9.61. The van der Waals surface area contributed by atoms with Crippen LogP contribution in [0.2, 0.25) is 0 Å². The Morgan fingerprint density at radius 2 is 2.08 bits per heavy atom. The number of hydrogen-bond donors (Lipinski definition) is 3. The van der Waals surface area contributed by atoms with Crippen molar-refractivity contribution >= 4 is 34.5 Å². The predicted octanol–water partition coefficient (Wildman–Crippen LogP) is 1.90. The molecule has 2 amide bonds. The van der Waals surface area contributed by atoms with E-state index in [4.69, 9.17) is 5.41 Å². The van der Waals surface area contributed by atoms with Crippen LogP contribution in [0.5, 0.6) is 5.75 Å². The van der Waals surface area contributed by atoms with Gasteiger partial charge in [0.2, 0.25) is 11.9 Å². The molecule has 3 N–H and O–H groups in total. The first-order chi connectivity index (χ1) is 11.5. The van der Waals surface area contributed by atoms with E-state index in [1.165, 1.54) is 20.0 Å². The minimum Gasteiger partial charge on any atom is -0.406 e. The second kappa shape index (κ2) is 6.79. The first-order valence-corrected chi connectivity index (χ1v) is 6.91. The number of carbonyl (C=O) groups excluding carboxylic acids is 2. The SMILES string of the molecule is CC(=N)C(=O)N(C)CC(=O)Nc1nc2ccc(OC(F)(F)F)cc2[nH]1. The van der Waals surface area contributed by atoms with Crippen molar-refractivity contribution in [3.05, 3.63) is 18.2 Å². The summed E-state index contributed by atoms with van der Waals surface area (Å²) in [6, 6.07) is 3.50. The summed E-state index contributed by atoms with van der Waals surface area (Å²) in [5.41, 5.74) is 0.345. The van der Waals surface area contributed by atoms with Gasteiger partial charge in [-0.3, -0.25) is 20.3 Å². The molecule has 0 fully saturated rings. The molecule has 0 bridgehead atoms. The van der Waals surface area contributed by atoms with Gasteiger partial charge in [-0.15, -0.1) is 13.2 Å². The van der Waals surface area contributed by atoms with Gasteiger partial charge in [-0.25, -0.2) is 4.98 Å². The van der Waals surface area contributed by atoms with Crippen molar-refractivity contribution < 1.29 is 27.5 Å². The van der Waals surface area contributed by atoms with Gasteiger partial charge in [0.1, 0.15) is 5.75 Å². The number of nitrogens with zero attached hydrogens (tertiary/aromatic N) is 2. The third kappa shape index (κ3) is 4.93. The Balaban J connectivity index is 2.07. The van der Waals surface area contributed by atoms with E-state index in [-0.39, 0.29) is 23.7 Å². The highest BCUT2D eigenvalue weighted by Crippen LogP contribution is 2.26. The normalized spacial score (nSPS) is 11.2. The lowest BCUT2D eigenvalue weighted by molar-refractivity contribution is -0.274. The van der Waals surface area contributed by atoms with Gasteiger partial charge in [0.05, 0.1) is 23.3 Å². The monoisotopic (exact) mass is 357 g/mol. The third-order valence-electron chi connectivity index (χ3n) is 2.99. The standard InChI is InChI=1S/C14H14F3N5O3/c1-7(18)12(24)22(2)6-11(23)21-13-19-9-4-3-8(5-10(9)20-13)25-14(15,16)17/h3-5,18H,6H2,1-2H3,(H2,19,20,21,23). The molecule has 134 valence electrons. The minimum absolute atomic E-state index is 0.0107. The first-order valence-electron chi connectivity index (χ1n) is 6.91. The molecule has 1 aromatic heterocycles. The van der Waals surface area contributed by atoms with E-state index in [9.17, 15) is 22.8 Å². The van der Waals surface area contributed by atoms with Gasteiger partial charge in [0.25, 0.3) is 5.91 Å². The Hall–Kier alpha value is -3.11. The van der Waals surface area contributed by atoms with Crippen molar-refractivity contribution in [1.29, 1.82) is 5.41 Å². The fourth-order valence-corrected chi connectivity index (χ4v) is 1.99. The molecule has 0 spiro atoms. The Bertz CT molecular complexity index is 831. The van der Waals surface area contributed by atoms with Gasteiger partial charge in [0, 0.05) is 13.1 Å². The van der Waals surface area contributed by atoms with Crippen LogP contribution in [0.25, 0.3) is 11.0 Å². The van der Waals surface area contributed by atoms with E-state index >= 15 is 0 Å². The van der Waals surface area contributed by atoms with Crippen LogP contribution in [0.4, 0.5) is 19.1 Å². The number of carbonyl (C=O) groups is 2. The summed E-state index contributed by atoms with van der Waals surface area (Å²) >= 11 is 0. The van der Waals surface area contributed by atoms with Gasteiger partial charge in [-0.1, -0.05) is 0 Å². The Labute approximate surface area is 139 Å². The fourth-order valence-electron chi connectivity index (χ4n) is 1.99. The first kappa shape index (κ1) is 18.2. The molecule has 2 aromatic rings. The quantitative estimate of drug-likeness (QED) is 0.710. The van der Waals surface area contributed by atoms with Crippen LogP contribution >= 0.6 is 0 Å². The number of fused-ring (bicyclic) bond motifs is 1. The van der Waals surface area contributed by atoms with Crippen LogP contribution in [-0.2, 0) is 9.59 Å². The highest BCUT2D eigenvalue weighted by molar-refractivity contribution is 6.36. The smallest absolute Gasteiger partial charge is 0.406 e. The van der Waals surface area contributed by atoms with E-state index in [0.29, 0.717) is 5.52 Å². The number of halogens is 3. The lowest BCUT2D eigenvalue weighted by atomic mass is 10.3. The molecule has 11 heteroatoms. The average Bonchev–Trinajstić information content (AvgIpc) is 2.85. The van der Waals surface area contributed by atoms with Crippen molar-refractivity contribution in [2.75, 3.05) is 18.9 Å². The molecule has 0 saturated carbocycles. The van der Waals surface area contributed by atoms with Crippen LogP contribution in [-0.4, -0.2) is 52.3 Å². The van der Waals surface area contributed by atoms with Gasteiger partial charge in [-0.2, -0.15) is 0 Å². The van der Waals surface area contributed by atoms with Gasteiger partial charge >= 0.3 is 6.36 Å². The molecule has 0 radical (unpaired) electrons. The van der Waals surface area contributed by atoms with E-state index < -0.39 is 23.9 Å². The van der Waals surface area contributed by atoms with Crippen molar-refractivity contribution in [2.45, 2.75) is 13.3 Å². The number of amides is 2. The molecular formula is C14H14F3N5O3. The summed E-state index contributed by atoms with van der Waals surface area (Å²) in [5.74, 6) is -1.60. The molecule has 8 nitrogen and oxygen atoms in total. The molecule has 0 aliphatic heterocycles. The molecule has 0 unspecified atom stereocenters.